The van der Waals surface area contributed by atoms with E-state index in [-0.39, 0.29) is 27.7 Å². The molecule has 7 heteroatoms. The Labute approximate surface area is 131 Å². The van der Waals surface area contributed by atoms with Crippen molar-refractivity contribution in [3.8, 4) is 5.75 Å². The van der Waals surface area contributed by atoms with Gasteiger partial charge in [0.25, 0.3) is 0 Å². The molecule has 0 amide bonds. The first-order chi connectivity index (χ1) is 10.0. The number of nitrogens with one attached hydrogen (secondary N) is 1. The first kappa shape index (κ1) is 18.4. The van der Waals surface area contributed by atoms with E-state index in [0.717, 1.165) is 6.42 Å². The molecule has 1 aromatic rings. The van der Waals surface area contributed by atoms with Crippen LogP contribution in [0.3, 0.4) is 0 Å². The summed E-state index contributed by atoms with van der Waals surface area (Å²) in [6, 6.07) is 3.44. The van der Waals surface area contributed by atoms with Crippen molar-refractivity contribution >= 4 is 16.0 Å². The molecule has 0 spiro atoms. The second-order valence-corrected chi connectivity index (χ2v) is 7.57. The van der Waals surface area contributed by atoms with E-state index in [0.29, 0.717) is 0 Å². The third-order valence-corrected chi connectivity index (χ3v) is 5.67. The Morgan fingerprint density at radius 3 is 2.45 bits per heavy atom. The molecule has 1 unspecified atom stereocenters. The summed E-state index contributed by atoms with van der Waals surface area (Å²) < 4.78 is 32.5. The van der Waals surface area contributed by atoms with Crippen LogP contribution >= 0.6 is 0 Å². The highest BCUT2D eigenvalue weighted by molar-refractivity contribution is 7.89. The normalized spacial score (nSPS) is 13.7. The molecular weight excluding hydrogens is 306 g/mol. The average molecular weight is 329 g/mol. The molecule has 1 aromatic carbocycles. The quantitative estimate of drug-likeness (QED) is 0.802. The van der Waals surface area contributed by atoms with E-state index in [2.05, 4.69) is 4.72 Å². The van der Waals surface area contributed by atoms with Gasteiger partial charge in [-0.05, 0) is 30.9 Å². The Hall–Kier alpha value is -1.60. The maximum Gasteiger partial charge on any atom is 0.339 e. The zero-order valence-electron chi connectivity index (χ0n) is 13.5. The van der Waals surface area contributed by atoms with Crippen LogP contribution in [-0.2, 0) is 10.0 Å². The van der Waals surface area contributed by atoms with Gasteiger partial charge in [-0.1, -0.05) is 20.8 Å². The molecule has 0 radical (unpaired) electrons. The van der Waals surface area contributed by atoms with Crippen LogP contribution in [0.2, 0.25) is 0 Å². The lowest BCUT2D eigenvalue weighted by molar-refractivity contribution is 0.0693. The highest BCUT2D eigenvalue weighted by atomic mass is 32.2. The lowest BCUT2D eigenvalue weighted by Crippen LogP contribution is -2.42. The fourth-order valence-electron chi connectivity index (χ4n) is 1.78. The van der Waals surface area contributed by atoms with Crippen LogP contribution in [0.5, 0.6) is 5.75 Å². The van der Waals surface area contributed by atoms with Crippen LogP contribution < -0.4 is 9.46 Å². The number of hydrogen-bond donors (Lipinski definition) is 2. The largest absolute Gasteiger partial charge is 0.496 e. The molecule has 1 rings (SSSR count). The number of methoxy groups -OCH3 is 1. The zero-order valence-corrected chi connectivity index (χ0v) is 14.3. The second kappa shape index (κ2) is 6.66. The van der Waals surface area contributed by atoms with Gasteiger partial charge in [-0.25, -0.2) is 17.9 Å². The molecule has 0 aliphatic rings. The molecule has 0 aliphatic heterocycles. The standard InChI is InChI=1S/C15H23NO5S/c1-6-15(3,4)10(2)16-22(19,20)11-7-8-12(14(17)18)13(9-11)21-5/h7-10,16H,6H2,1-5H3,(H,17,18). The molecule has 0 saturated heterocycles. The summed E-state index contributed by atoms with van der Waals surface area (Å²) in [6.07, 6.45) is 0.817. The smallest absolute Gasteiger partial charge is 0.339 e. The van der Waals surface area contributed by atoms with Crippen LogP contribution in [-0.4, -0.2) is 32.6 Å². The molecule has 1 atom stereocenters. The number of hydrogen-bond acceptors (Lipinski definition) is 4. The highest BCUT2D eigenvalue weighted by Gasteiger charge is 2.29. The molecule has 0 saturated carbocycles. The van der Waals surface area contributed by atoms with Gasteiger partial charge in [-0.3, -0.25) is 0 Å². The summed E-state index contributed by atoms with van der Waals surface area (Å²) >= 11 is 0. The molecule has 124 valence electrons. The van der Waals surface area contributed by atoms with Gasteiger partial charge >= 0.3 is 5.97 Å². The Balaban J connectivity index is 3.16. The van der Waals surface area contributed by atoms with E-state index in [1.165, 1.54) is 25.3 Å². The SMILES string of the molecule is CCC(C)(C)C(C)NS(=O)(=O)c1ccc(C(=O)O)c(OC)c1. The van der Waals surface area contributed by atoms with Crippen molar-refractivity contribution in [2.24, 2.45) is 5.41 Å². The van der Waals surface area contributed by atoms with E-state index in [1.54, 1.807) is 0 Å². The molecule has 0 heterocycles. The van der Waals surface area contributed by atoms with Crippen molar-refractivity contribution in [1.82, 2.24) is 4.72 Å². The van der Waals surface area contributed by atoms with Gasteiger partial charge in [-0.2, -0.15) is 0 Å². The van der Waals surface area contributed by atoms with Crippen LogP contribution in [0.4, 0.5) is 0 Å². The first-order valence-corrected chi connectivity index (χ1v) is 8.47. The van der Waals surface area contributed by atoms with Gasteiger partial charge in [0.15, 0.2) is 0 Å². The Bertz CT molecular complexity index is 652. The lowest BCUT2D eigenvalue weighted by atomic mass is 9.83. The van der Waals surface area contributed by atoms with Crippen LogP contribution in [0, 0.1) is 5.41 Å². The predicted molar refractivity (Wildman–Crippen MR) is 83.8 cm³/mol. The number of sulfonamides is 1. The molecule has 0 aromatic heterocycles. The number of carboxylic acid groups (broad SMARTS) is 1. The Morgan fingerprint density at radius 1 is 1.41 bits per heavy atom. The fourth-order valence-corrected chi connectivity index (χ4v) is 3.21. The van der Waals surface area contributed by atoms with Gasteiger partial charge in [0.2, 0.25) is 10.0 Å². The number of benzene rings is 1. The van der Waals surface area contributed by atoms with Gasteiger partial charge in [0, 0.05) is 12.1 Å². The molecular formula is C15H23NO5S. The minimum Gasteiger partial charge on any atom is -0.496 e. The Kier molecular flexibility index (Phi) is 5.59. The second-order valence-electron chi connectivity index (χ2n) is 5.85. The summed E-state index contributed by atoms with van der Waals surface area (Å²) in [7, 11) is -2.45. The third kappa shape index (κ3) is 3.98. The van der Waals surface area contributed by atoms with E-state index < -0.39 is 16.0 Å². The summed E-state index contributed by atoms with van der Waals surface area (Å²) in [6.45, 7) is 7.77. The molecule has 2 N–H and O–H groups in total. The summed E-state index contributed by atoms with van der Waals surface area (Å²) in [5.41, 5.74) is -0.276. The summed E-state index contributed by atoms with van der Waals surface area (Å²) in [5, 5.41) is 9.03. The topological polar surface area (TPSA) is 92.7 Å². The number of carboxylic acids is 1. The van der Waals surface area contributed by atoms with Crippen molar-refractivity contribution in [2.45, 2.75) is 45.1 Å². The first-order valence-electron chi connectivity index (χ1n) is 6.99. The van der Waals surface area contributed by atoms with Gasteiger partial charge < -0.3 is 9.84 Å². The molecule has 22 heavy (non-hydrogen) atoms. The minimum absolute atomic E-state index is 0.0118. The van der Waals surface area contributed by atoms with Gasteiger partial charge in [0.05, 0.1) is 12.0 Å². The number of aromatic carboxylic acids is 1. The van der Waals surface area contributed by atoms with Gasteiger partial charge in [0.1, 0.15) is 11.3 Å². The number of rotatable bonds is 7. The van der Waals surface area contributed by atoms with E-state index in [4.69, 9.17) is 9.84 Å². The number of carbonyl (C=O) groups is 1. The summed E-state index contributed by atoms with van der Waals surface area (Å²) in [4.78, 5) is 11.0. The van der Waals surface area contributed by atoms with Crippen molar-refractivity contribution in [1.29, 1.82) is 0 Å². The van der Waals surface area contributed by atoms with Crippen LogP contribution in [0.25, 0.3) is 0 Å². The predicted octanol–water partition coefficient (Wildman–Crippen LogP) is 2.50. The van der Waals surface area contributed by atoms with E-state index in [1.807, 2.05) is 27.7 Å². The van der Waals surface area contributed by atoms with Crippen molar-refractivity contribution < 1.29 is 23.1 Å². The zero-order chi connectivity index (χ0) is 17.1. The Morgan fingerprint density at radius 2 is 2.00 bits per heavy atom. The van der Waals surface area contributed by atoms with E-state index in [9.17, 15) is 13.2 Å². The van der Waals surface area contributed by atoms with Crippen molar-refractivity contribution in [3.63, 3.8) is 0 Å². The third-order valence-electron chi connectivity index (χ3n) is 4.13. The number of ether oxygens (including phenoxy) is 1. The minimum atomic E-state index is -3.75. The summed E-state index contributed by atoms with van der Waals surface area (Å²) in [5.74, 6) is -1.16. The van der Waals surface area contributed by atoms with Crippen molar-refractivity contribution in [3.05, 3.63) is 23.8 Å². The van der Waals surface area contributed by atoms with Gasteiger partial charge in [-0.15, -0.1) is 0 Å². The van der Waals surface area contributed by atoms with Crippen LogP contribution in [0.15, 0.2) is 23.1 Å². The molecule has 0 aliphatic carbocycles. The average Bonchev–Trinajstić information content (AvgIpc) is 2.45. The molecule has 0 fully saturated rings. The molecule has 0 bridgehead atoms. The molecule has 6 nitrogen and oxygen atoms in total. The van der Waals surface area contributed by atoms with Crippen molar-refractivity contribution in [2.75, 3.05) is 7.11 Å². The maximum absolute atomic E-state index is 12.4. The highest BCUT2D eigenvalue weighted by Crippen LogP contribution is 2.27. The van der Waals surface area contributed by atoms with Crippen LogP contribution in [0.1, 0.15) is 44.5 Å². The fraction of sp³-hybridized carbons (Fsp3) is 0.533. The maximum atomic E-state index is 12.4. The van der Waals surface area contributed by atoms with E-state index >= 15 is 0 Å². The monoisotopic (exact) mass is 329 g/mol. The lowest BCUT2D eigenvalue weighted by Gasteiger charge is -2.31.